The monoisotopic (exact) mass is 265 g/mol. The Hall–Kier alpha value is -1.36. The molecule has 106 valence electrons. The zero-order valence-electron chi connectivity index (χ0n) is 11.8. The zero-order valence-corrected chi connectivity index (χ0v) is 11.8. The fraction of sp³-hybridized carbons (Fsp3) is 0.714. The second-order valence-electron chi connectivity index (χ2n) is 5.69. The Morgan fingerprint density at radius 1 is 1.47 bits per heavy atom. The molecule has 0 unspecified atom stereocenters. The summed E-state index contributed by atoms with van der Waals surface area (Å²) >= 11 is 0. The predicted octanol–water partition coefficient (Wildman–Crippen LogP) is 2.03. The van der Waals surface area contributed by atoms with E-state index < -0.39 is 5.97 Å². The molecule has 1 fully saturated rings. The fourth-order valence-corrected chi connectivity index (χ4v) is 3.14. The van der Waals surface area contributed by atoms with E-state index in [1.165, 1.54) is 6.42 Å². The van der Waals surface area contributed by atoms with Gasteiger partial charge >= 0.3 is 5.97 Å². The van der Waals surface area contributed by atoms with E-state index in [4.69, 9.17) is 0 Å². The minimum absolute atomic E-state index is 0.193. The molecule has 0 radical (unpaired) electrons. The number of carbonyl (C=O) groups is 1. The zero-order chi connectivity index (χ0) is 13.9. The second-order valence-corrected chi connectivity index (χ2v) is 5.69. The molecule has 1 aromatic heterocycles. The van der Waals surface area contributed by atoms with Gasteiger partial charge in [0.15, 0.2) is 0 Å². The summed E-state index contributed by atoms with van der Waals surface area (Å²) in [6, 6.07) is 1.99. The van der Waals surface area contributed by atoms with Gasteiger partial charge < -0.3 is 5.11 Å². The van der Waals surface area contributed by atoms with E-state index in [2.05, 4.69) is 10.00 Å². The minimum Gasteiger partial charge on any atom is -0.481 e. The van der Waals surface area contributed by atoms with Crippen molar-refractivity contribution in [3.63, 3.8) is 0 Å². The summed E-state index contributed by atoms with van der Waals surface area (Å²) in [6.07, 6.45) is 7.58. The maximum atomic E-state index is 11.2. The van der Waals surface area contributed by atoms with E-state index in [0.717, 1.165) is 31.4 Å². The molecule has 0 bridgehead atoms. The van der Waals surface area contributed by atoms with Gasteiger partial charge in [-0.1, -0.05) is 19.3 Å². The van der Waals surface area contributed by atoms with Gasteiger partial charge in [-0.25, -0.2) is 0 Å². The van der Waals surface area contributed by atoms with Crippen molar-refractivity contribution in [2.45, 2.75) is 50.6 Å². The van der Waals surface area contributed by atoms with E-state index in [1.807, 2.05) is 26.4 Å². The Kier molecular flexibility index (Phi) is 4.24. The van der Waals surface area contributed by atoms with Crippen molar-refractivity contribution in [1.82, 2.24) is 14.7 Å². The summed E-state index contributed by atoms with van der Waals surface area (Å²) in [4.78, 5) is 13.4. The standard InChI is InChI=1S/C14H23N3O2/c1-16(11-12-6-9-17(2)15-12)14(10-13(18)19)7-4-3-5-8-14/h6,9H,3-5,7-8,10-11H2,1-2H3,(H,18,19). The highest BCUT2D eigenvalue weighted by atomic mass is 16.4. The molecule has 1 N–H and O–H groups in total. The smallest absolute Gasteiger partial charge is 0.305 e. The third-order valence-corrected chi connectivity index (χ3v) is 4.24. The van der Waals surface area contributed by atoms with Crippen molar-refractivity contribution in [3.8, 4) is 0 Å². The number of rotatable bonds is 5. The van der Waals surface area contributed by atoms with Crippen molar-refractivity contribution in [3.05, 3.63) is 18.0 Å². The molecular weight excluding hydrogens is 242 g/mol. The maximum Gasteiger partial charge on any atom is 0.305 e. The van der Waals surface area contributed by atoms with Gasteiger partial charge in [0.1, 0.15) is 0 Å². The van der Waals surface area contributed by atoms with Crippen molar-refractivity contribution in [2.24, 2.45) is 7.05 Å². The van der Waals surface area contributed by atoms with Crippen LogP contribution in [-0.4, -0.2) is 38.3 Å². The van der Waals surface area contributed by atoms with Crippen LogP contribution in [0.4, 0.5) is 0 Å². The number of aromatic nitrogens is 2. The highest BCUT2D eigenvalue weighted by Gasteiger charge is 2.38. The van der Waals surface area contributed by atoms with E-state index >= 15 is 0 Å². The molecule has 1 aliphatic rings. The van der Waals surface area contributed by atoms with Gasteiger partial charge in [-0.15, -0.1) is 0 Å². The molecule has 5 heteroatoms. The van der Waals surface area contributed by atoms with Crippen LogP contribution in [-0.2, 0) is 18.4 Å². The van der Waals surface area contributed by atoms with Crippen LogP contribution in [0.2, 0.25) is 0 Å². The van der Waals surface area contributed by atoms with Gasteiger partial charge in [0.05, 0.1) is 12.1 Å². The van der Waals surface area contributed by atoms with Crippen molar-refractivity contribution >= 4 is 5.97 Å². The quantitative estimate of drug-likeness (QED) is 0.885. The van der Waals surface area contributed by atoms with Crippen LogP contribution in [0.15, 0.2) is 12.3 Å². The lowest BCUT2D eigenvalue weighted by Gasteiger charge is -2.43. The van der Waals surface area contributed by atoms with Crippen molar-refractivity contribution < 1.29 is 9.90 Å². The normalized spacial score (nSPS) is 18.7. The van der Waals surface area contributed by atoms with Gasteiger partial charge in [0, 0.05) is 25.3 Å². The average Bonchev–Trinajstić information content (AvgIpc) is 2.75. The number of aliphatic carboxylic acids is 1. The number of hydrogen-bond donors (Lipinski definition) is 1. The van der Waals surface area contributed by atoms with E-state index in [0.29, 0.717) is 6.54 Å². The molecule has 0 atom stereocenters. The Balaban J connectivity index is 2.10. The molecule has 0 aliphatic heterocycles. The summed E-state index contributed by atoms with van der Waals surface area (Å²) in [7, 11) is 3.93. The first-order valence-electron chi connectivity index (χ1n) is 6.93. The van der Waals surface area contributed by atoms with E-state index in [1.54, 1.807) is 4.68 Å². The summed E-state index contributed by atoms with van der Waals surface area (Å²) in [5.41, 5.74) is 0.807. The number of carboxylic acids is 1. The molecule has 1 saturated carbocycles. The first-order chi connectivity index (χ1) is 9.02. The first kappa shape index (κ1) is 14.1. The number of nitrogens with zero attached hydrogens (tertiary/aromatic N) is 3. The molecule has 1 aliphatic carbocycles. The fourth-order valence-electron chi connectivity index (χ4n) is 3.14. The average molecular weight is 265 g/mol. The van der Waals surface area contributed by atoms with Gasteiger partial charge in [0.2, 0.25) is 0 Å². The maximum absolute atomic E-state index is 11.2. The predicted molar refractivity (Wildman–Crippen MR) is 72.7 cm³/mol. The number of aryl methyl sites for hydroxylation is 1. The molecule has 0 saturated heterocycles. The summed E-state index contributed by atoms with van der Waals surface area (Å²) in [6.45, 7) is 0.716. The minimum atomic E-state index is -0.699. The number of hydrogen-bond acceptors (Lipinski definition) is 3. The van der Waals surface area contributed by atoms with Crippen LogP contribution < -0.4 is 0 Å². The van der Waals surface area contributed by atoms with Gasteiger partial charge in [0.25, 0.3) is 0 Å². The highest BCUT2D eigenvalue weighted by molar-refractivity contribution is 5.68. The number of carboxylic acid groups (broad SMARTS) is 1. The Morgan fingerprint density at radius 2 is 2.16 bits per heavy atom. The Labute approximate surface area is 114 Å². The molecule has 0 spiro atoms. The van der Waals surface area contributed by atoms with Crippen LogP contribution in [0, 0.1) is 0 Å². The SMILES string of the molecule is CN(Cc1ccn(C)n1)C1(CC(=O)O)CCCCC1. The van der Waals surface area contributed by atoms with Gasteiger partial charge in [-0.2, -0.15) is 5.10 Å². The third-order valence-electron chi connectivity index (χ3n) is 4.24. The second kappa shape index (κ2) is 5.74. The largest absolute Gasteiger partial charge is 0.481 e. The summed E-state index contributed by atoms with van der Waals surface area (Å²) in [5.74, 6) is -0.699. The molecule has 0 amide bonds. The lowest BCUT2D eigenvalue weighted by molar-refractivity contribution is -0.141. The van der Waals surface area contributed by atoms with Gasteiger partial charge in [-0.05, 0) is 26.0 Å². The molecule has 19 heavy (non-hydrogen) atoms. The lowest BCUT2D eigenvalue weighted by Crippen LogP contribution is -2.49. The summed E-state index contributed by atoms with van der Waals surface area (Å²) in [5, 5.41) is 13.6. The molecular formula is C14H23N3O2. The van der Waals surface area contributed by atoms with Crippen LogP contribution >= 0.6 is 0 Å². The first-order valence-corrected chi connectivity index (χ1v) is 6.93. The Bertz CT molecular complexity index is 436. The lowest BCUT2D eigenvalue weighted by atomic mass is 9.78. The molecule has 2 rings (SSSR count). The van der Waals surface area contributed by atoms with Crippen LogP contribution in [0.25, 0.3) is 0 Å². The van der Waals surface area contributed by atoms with Crippen LogP contribution in [0.1, 0.15) is 44.2 Å². The summed E-state index contributed by atoms with van der Waals surface area (Å²) < 4.78 is 1.79. The molecule has 1 aromatic rings. The third kappa shape index (κ3) is 3.35. The van der Waals surface area contributed by atoms with Crippen LogP contribution in [0.3, 0.4) is 0 Å². The Morgan fingerprint density at radius 3 is 2.68 bits per heavy atom. The van der Waals surface area contributed by atoms with Crippen LogP contribution in [0.5, 0.6) is 0 Å². The van der Waals surface area contributed by atoms with Gasteiger partial charge in [-0.3, -0.25) is 14.4 Å². The topological polar surface area (TPSA) is 58.4 Å². The molecule has 1 heterocycles. The van der Waals surface area contributed by atoms with Crippen molar-refractivity contribution in [1.29, 1.82) is 0 Å². The van der Waals surface area contributed by atoms with E-state index in [9.17, 15) is 9.90 Å². The van der Waals surface area contributed by atoms with Crippen molar-refractivity contribution in [2.75, 3.05) is 7.05 Å². The van der Waals surface area contributed by atoms with E-state index in [-0.39, 0.29) is 12.0 Å². The highest BCUT2D eigenvalue weighted by Crippen LogP contribution is 2.36. The molecule has 0 aromatic carbocycles. The molecule has 5 nitrogen and oxygen atoms in total.